The number of rotatable bonds is 5. The average Bonchev–Trinajstić information content (AvgIpc) is 2.89. The molecular formula is C23H26O2. The Kier molecular flexibility index (Phi) is 5.08. The van der Waals surface area contributed by atoms with E-state index in [9.17, 15) is 4.79 Å². The van der Waals surface area contributed by atoms with Gasteiger partial charge in [-0.25, -0.2) is 0 Å². The Morgan fingerprint density at radius 2 is 1.80 bits per heavy atom. The lowest BCUT2D eigenvalue weighted by atomic mass is 9.88. The van der Waals surface area contributed by atoms with Crippen molar-refractivity contribution in [1.82, 2.24) is 0 Å². The van der Waals surface area contributed by atoms with Crippen LogP contribution in [0.4, 0.5) is 0 Å². The Morgan fingerprint density at radius 1 is 1.12 bits per heavy atom. The number of carbonyl (C=O) groups is 1. The van der Waals surface area contributed by atoms with E-state index in [0.717, 1.165) is 24.2 Å². The van der Waals surface area contributed by atoms with Crippen molar-refractivity contribution in [3.63, 3.8) is 0 Å². The van der Waals surface area contributed by atoms with Gasteiger partial charge in [0.05, 0.1) is 7.11 Å². The number of benzene rings is 2. The monoisotopic (exact) mass is 334 g/mol. The number of ether oxygens (including phenoxy) is 1. The number of Topliss-reactive ketones (excluding diaryl/α,β-unsaturated/α-hetero) is 1. The summed E-state index contributed by atoms with van der Waals surface area (Å²) in [6, 6.07) is 17.8. The molecule has 0 aromatic heterocycles. The molecule has 1 atom stereocenters. The van der Waals surface area contributed by atoms with Gasteiger partial charge in [0.15, 0.2) is 5.78 Å². The first kappa shape index (κ1) is 17.5. The molecule has 0 N–H and O–H groups in total. The molecule has 0 radical (unpaired) electrons. The molecule has 1 aliphatic rings. The molecule has 1 fully saturated rings. The number of hydrogen-bond acceptors (Lipinski definition) is 2. The van der Waals surface area contributed by atoms with E-state index in [1.54, 1.807) is 7.11 Å². The largest absolute Gasteiger partial charge is 0.497 e. The summed E-state index contributed by atoms with van der Waals surface area (Å²) in [5, 5.41) is 0. The fourth-order valence-electron chi connectivity index (χ4n) is 3.82. The van der Waals surface area contributed by atoms with Gasteiger partial charge in [-0.15, -0.1) is 0 Å². The minimum atomic E-state index is 0.240. The van der Waals surface area contributed by atoms with Crippen molar-refractivity contribution in [2.45, 2.75) is 33.1 Å². The standard InChI is InChI=1S/C23H26O2/c1-23(2)15-19(13-17-9-11-21(25-3)12-10-17)20(16-23)14-22(24)18-7-5-4-6-8-18/h4-13,20H,14-16H2,1-3H3/b19-13-. The maximum absolute atomic E-state index is 12.6. The van der Waals surface area contributed by atoms with E-state index < -0.39 is 0 Å². The van der Waals surface area contributed by atoms with Gasteiger partial charge >= 0.3 is 0 Å². The summed E-state index contributed by atoms with van der Waals surface area (Å²) in [5.74, 6) is 1.43. The molecule has 2 heteroatoms. The van der Waals surface area contributed by atoms with Gasteiger partial charge < -0.3 is 4.74 Å². The number of hydrogen-bond donors (Lipinski definition) is 0. The van der Waals surface area contributed by atoms with Crippen LogP contribution in [0.25, 0.3) is 6.08 Å². The molecule has 0 heterocycles. The average molecular weight is 334 g/mol. The highest BCUT2D eigenvalue weighted by molar-refractivity contribution is 5.96. The minimum Gasteiger partial charge on any atom is -0.497 e. The van der Waals surface area contributed by atoms with E-state index in [2.05, 4.69) is 32.1 Å². The van der Waals surface area contributed by atoms with E-state index in [1.165, 1.54) is 11.1 Å². The zero-order valence-electron chi connectivity index (χ0n) is 15.3. The van der Waals surface area contributed by atoms with Gasteiger partial charge in [0, 0.05) is 12.0 Å². The van der Waals surface area contributed by atoms with E-state index in [0.29, 0.717) is 12.3 Å². The summed E-state index contributed by atoms with van der Waals surface area (Å²) >= 11 is 0. The first-order valence-electron chi connectivity index (χ1n) is 8.90. The predicted molar refractivity (Wildman–Crippen MR) is 103 cm³/mol. The summed E-state index contributed by atoms with van der Waals surface area (Å²) in [7, 11) is 1.68. The van der Waals surface area contributed by atoms with Crippen molar-refractivity contribution >= 4 is 11.9 Å². The van der Waals surface area contributed by atoms with Gasteiger partial charge in [0.1, 0.15) is 5.75 Å². The number of methoxy groups -OCH3 is 1. The van der Waals surface area contributed by atoms with Crippen LogP contribution in [-0.4, -0.2) is 12.9 Å². The van der Waals surface area contributed by atoms with Crippen LogP contribution in [0.2, 0.25) is 0 Å². The normalized spacial score (nSPS) is 20.6. The van der Waals surface area contributed by atoms with Crippen molar-refractivity contribution in [2.75, 3.05) is 7.11 Å². The highest BCUT2D eigenvalue weighted by Gasteiger charge is 2.35. The number of ketones is 1. The fourth-order valence-corrected chi connectivity index (χ4v) is 3.82. The van der Waals surface area contributed by atoms with Crippen LogP contribution in [0.15, 0.2) is 60.2 Å². The number of carbonyl (C=O) groups excluding carboxylic acids is 1. The molecule has 0 saturated heterocycles. The second-order valence-corrected chi connectivity index (χ2v) is 7.73. The van der Waals surface area contributed by atoms with E-state index in [1.807, 2.05) is 42.5 Å². The van der Waals surface area contributed by atoms with E-state index >= 15 is 0 Å². The summed E-state index contributed by atoms with van der Waals surface area (Å²) < 4.78 is 5.23. The Hall–Kier alpha value is -2.35. The third-order valence-corrected chi connectivity index (χ3v) is 5.00. The van der Waals surface area contributed by atoms with Gasteiger partial charge in [-0.05, 0) is 41.9 Å². The third-order valence-electron chi connectivity index (χ3n) is 5.00. The van der Waals surface area contributed by atoms with Crippen molar-refractivity contribution in [3.05, 3.63) is 71.3 Å². The van der Waals surface area contributed by atoms with Crippen molar-refractivity contribution in [2.24, 2.45) is 11.3 Å². The van der Waals surface area contributed by atoms with Gasteiger partial charge in [-0.2, -0.15) is 0 Å². The summed E-state index contributed by atoms with van der Waals surface area (Å²) in [4.78, 5) is 12.6. The number of allylic oxidation sites excluding steroid dienone is 1. The van der Waals surface area contributed by atoms with Crippen LogP contribution in [0, 0.1) is 11.3 Å². The topological polar surface area (TPSA) is 26.3 Å². The molecular weight excluding hydrogens is 308 g/mol. The maximum atomic E-state index is 12.6. The minimum absolute atomic E-state index is 0.240. The quantitative estimate of drug-likeness (QED) is 0.647. The molecule has 3 rings (SSSR count). The fraction of sp³-hybridized carbons (Fsp3) is 0.348. The van der Waals surface area contributed by atoms with Crippen LogP contribution in [-0.2, 0) is 0 Å². The Bertz CT molecular complexity index is 754. The van der Waals surface area contributed by atoms with Crippen LogP contribution in [0.1, 0.15) is 49.0 Å². The lowest BCUT2D eigenvalue weighted by Crippen LogP contribution is -2.09. The van der Waals surface area contributed by atoms with Crippen molar-refractivity contribution in [1.29, 1.82) is 0 Å². The van der Waals surface area contributed by atoms with Gasteiger partial charge in [-0.1, -0.05) is 68.0 Å². The van der Waals surface area contributed by atoms with Crippen molar-refractivity contribution < 1.29 is 9.53 Å². The summed E-state index contributed by atoms with van der Waals surface area (Å²) in [5.41, 5.74) is 3.63. The lowest BCUT2D eigenvalue weighted by Gasteiger charge is -2.16. The molecule has 25 heavy (non-hydrogen) atoms. The van der Waals surface area contributed by atoms with Gasteiger partial charge in [0.2, 0.25) is 0 Å². The first-order valence-corrected chi connectivity index (χ1v) is 8.90. The summed E-state index contributed by atoms with van der Waals surface area (Å²) in [6.45, 7) is 4.59. The molecule has 1 saturated carbocycles. The Labute approximate surface area is 150 Å². The SMILES string of the molecule is COc1ccc(/C=C2/CC(C)(C)CC2CC(=O)c2ccccc2)cc1. The third kappa shape index (κ3) is 4.39. The van der Waals surface area contributed by atoms with Crippen LogP contribution in [0.5, 0.6) is 5.75 Å². The molecule has 1 unspecified atom stereocenters. The zero-order valence-corrected chi connectivity index (χ0v) is 15.3. The zero-order chi connectivity index (χ0) is 17.9. The Balaban J connectivity index is 1.80. The maximum Gasteiger partial charge on any atom is 0.163 e. The van der Waals surface area contributed by atoms with Crippen LogP contribution >= 0.6 is 0 Å². The van der Waals surface area contributed by atoms with Gasteiger partial charge in [0.25, 0.3) is 0 Å². The molecule has 2 nitrogen and oxygen atoms in total. The second-order valence-electron chi connectivity index (χ2n) is 7.73. The molecule has 1 aliphatic carbocycles. The highest BCUT2D eigenvalue weighted by Crippen LogP contribution is 2.47. The predicted octanol–water partition coefficient (Wildman–Crippen LogP) is 5.79. The molecule has 130 valence electrons. The molecule has 0 spiro atoms. The van der Waals surface area contributed by atoms with E-state index in [4.69, 9.17) is 4.74 Å². The molecule has 2 aromatic carbocycles. The molecule has 2 aromatic rings. The smallest absolute Gasteiger partial charge is 0.163 e. The second kappa shape index (κ2) is 7.26. The molecule has 0 bridgehead atoms. The summed E-state index contributed by atoms with van der Waals surface area (Å²) in [6.07, 6.45) is 4.96. The van der Waals surface area contributed by atoms with Crippen LogP contribution in [0.3, 0.4) is 0 Å². The first-order chi connectivity index (χ1) is 12.0. The Morgan fingerprint density at radius 3 is 2.44 bits per heavy atom. The lowest BCUT2D eigenvalue weighted by molar-refractivity contribution is 0.0965. The van der Waals surface area contributed by atoms with Gasteiger partial charge in [-0.3, -0.25) is 4.79 Å². The highest BCUT2D eigenvalue weighted by atomic mass is 16.5. The molecule has 0 amide bonds. The van der Waals surface area contributed by atoms with Crippen molar-refractivity contribution in [3.8, 4) is 5.75 Å². The molecule has 0 aliphatic heterocycles. The van der Waals surface area contributed by atoms with E-state index in [-0.39, 0.29) is 11.2 Å². The van der Waals surface area contributed by atoms with Crippen LogP contribution < -0.4 is 4.74 Å².